The van der Waals surface area contributed by atoms with Crippen LogP contribution < -0.4 is 25.3 Å². The smallest absolute Gasteiger partial charge is 0.302 e. The largest absolute Gasteiger partial charge is 0.508 e. The molecule has 7 rings (SSSR count). The van der Waals surface area contributed by atoms with Crippen molar-refractivity contribution >= 4 is 5.97 Å². The number of rotatable bonds is 8. The molecule has 10 nitrogen and oxygen atoms in total. The molecule has 0 bridgehead atoms. The van der Waals surface area contributed by atoms with Crippen LogP contribution in [0.4, 0.5) is 0 Å². The Morgan fingerprint density at radius 2 is 2.00 bits per heavy atom. The lowest BCUT2D eigenvalue weighted by atomic mass is 9.65. The predicted molar refractivity (Wildman–Crippen MR) is 174 cm³/mol. The van der Waals surface area contributed by atoms with E-state index in [1.807, 2.05) is 18.3 Å². The first kappa shape index (κ1) is 31.0. The van der Waals surface area contributed by atoms with Gasteiger partial charge < -0.3 is 45.3 Å². The Morgan fingerprint density at radius 1 is 1.15 bits per heavy atom. The molecule has 1 unspecified atom stereocenters. The van der Waals surface area contributed by atoms with Gasteiger partial charge in [-0.25, -0.2) is 0 Å². The molecule has 2 aliphatic carbocycles. The average Bonchev–Trinajstić information content (AvgIpc) is 3.62. The van der Waals surface area contributed by atoms with Crippen LogP contribution in [0, 0.1) is 5.92 Å². The van der Waals surface area contributed by atoms with Crippen LogP contribution in [0.5, 0.6) is 28.7 Å². The fraction of sp³-hybridized carbons (Fsp3) is 0.378. The van der Waals surface area contributed by atoms with Gasteiger partial charge in [-0.05, 0) is 84.6 Å². The standard InChI is InChI=1S/C37H40N2O8/c1-20(41)45-18-28-26-5-6-27-33-24(12-25(42)14-31(33)46-19-40)16-37(10-9-21(15-37)11-22-3-8-32(38)39-17-22)34(27)36(26)47-35(28)23-4-7-29(43)30(13-23)44-2/h3-8,12-14,17,21,28,32,35,39-40,42-43H,9-11,15-16,18-19,38H2,1-2H3/t21-,28-,32?,35+,37+/m0/s1. The summed E-state index contributed by atoms with van der Waals surface area (Å²) >= 11 is 0. The average molecular weight is 641 g/mol. The van der Waals surface area contributed by atoms with Crippen LogP contribution in [0.25, 0.3) is 11.1 Å². The fourth-order valence-corrected chi connectivity index (χ4v) is 8.21. The van der Waals surface area contributed by atoms with E-state index >= 15 is 0 Å². The molecule has 1 saturated carbocycles. The maximum absolute atomic E-state index is 12.0. The van der Waals surface area contributed by atoms with Crippen molar-refractivity contribution in [2.24, 2.45) is 11.7 Å². The first-order valence-electron chi connectivity index (χ1n) is 16.0. The Balaban J connectivity index is 1.37. The van der Waals surface area contributed by atoms with Crippen molar-refractivity contribution < 1.29 is 39.1 Å². The van der Waals surface area contributed by atoms with Gasteiger partial charge in [-0.3, -0.25) is 4.79 Å². The van der Waals surface area contributed by atoms with Crippen molar-refractivity contribution in [3.63, 3.8) is 0 Å². The normalized spacial score (nSPS) is 25.2. The number of esters is 1. The summed E-state index contributed by atoms with van der Waals surface area (Å²) in [7, 11) is 1.50. The number of dihydropyridines is 1. The number of hydrogen-bond acceptors (Lipinski definition) is 10. The molecule has 10 heteroatoms. The molecule has 2 aliphatic heterocycles. The third kappa shape index (κ3) is 5.55. The number of aromatic hydroxyl groups is 2. The van der Waals surface area contributed by atoms with E-state index in [2.05, 4.69) is 17.5 Å². The summed E-state index contributed by atoms with van der Waals surface area (Å²) in [6.07, 6.45) is 9.76. The van der Waals surface area contributed by atoms with E-state index in [0.717, 1.165) is 64.8 Å². The van der Waals surface area contributed by atoms with Gasteiger partial charge in [-0.1, -0.05) is 24.3 Å². The van der Waals surface area contributed by atoms with Crippen molar-refractivity contribution in [1.82, 2.24) is 5.32 Å². The van der Waals surface area contributed by atoms with E-state index in [1.165, 1.54) is 25.7 Å². The molecule has 246 valence electrons. The van der Waals surface area contributed by atoms with Crippen molar-refractivity contribution in [2.45, 2.75) is 62.6 Å². The molecular formula is C37H40N2O8. The predicted octanol–water partition coefficient (Wildman–Crippen LogP) is 5.19. The van der Waals surface area contributed by atoms with Crippen LogP contribution in [0.2, 0.25) is 0 Å². The van der Waals surface area contributed by atoms with Gasteiger partial charge in [-0.15, -0.1) is 0 Å². The number of fused-ring (bicyclic) bond motifs is 6. The number of aliphatic hydroxyl groups is 1. The summed E-state index contributed by atoms with van der Waals surface area (Å²) in [4.78, 5) is 12.0. The van der Waals surface area contributed by atoms with Crippen LogP contribution in [0.3, 0.4) is 0 Å². The molecule has 1 fully saturated rings. The van der Waals surface area contributed by atoms with E-state index < -0.39 is 12.9 Å². The van der Waals surface area contributed by atoms with Gasteiger partial charge in [0.15, 0.2) is 18.3 Å². The number of phenolic OH excluding ortho intramolecular Hbond substituents is 2. The molecule has 4 aliphatic rings. The molecule has 0 radical (unpaired) electrons. The Bertz CT molecular complexity index is 1780. The van der Waals surface area contributed by atoms with Crippen LogP contribution in [0.15, 0.2) is 66.4 Å². The van der Waals surface area contributed by atoms with Gasteiger partial charge in [0.1, 0.15) is 30.0 Å². The van der Waals surface area contributed by atoms with Crippen molar-refractivity contribution in [1.29, 1.82) is 0 Å². The highest BCUT2D eigenvalue weighted by molar-refractivity contribution is 5.84. The number of carbonyl (C=O) groups is 1. The maximum Gasteiger partial charge on any atom is 0.302 e. The molecule has 0 aromatic heterocycles. The molecule has 6 N–H and O–H groups in total. The zero-order chi connectivity index (χ0) is 32.9. The number of allylic oxidation sites excluding steroid dienone is 2. The van der Waals surface area contributed by atoms with Gasteiger partial charge in [0.2, 0.25) is 0 Å². The summed E-state index contributed by atoms with van der Waals surface area (Å²) in [5.41, 5.74) is 12.4. The summed E-state index contributed by atoms with van der Waals surface area (Å²) in [5, 5.41) is 34.0. The second-order valence-corrected chi connectivity index (χ2v) is 13.1. The Hall–Kier alpha value is -4.67. The molecule has 2 heterocycles. The monoisotopic (exact) mass is 640 g/mol. The van der Waals surface area contributed by atoms with E-state index in [0.29, 0.717) is 23.8 Å². The van der Waals surface area contributed by atoms with Crippen LogP contribution in [-0.2, 0) is 21.4 Å². The number of benzene rings is 3. The first-order chi connectivity index (χ1) is 22.7. The van der Waals surface area contributed by atoms with E-state index in [-0.39, 0.29) is 41.6 Å². The molecule has 47 heavy (non-hydrogen) atoms. The van der Waals surface area contributed by atoms with E-state index in [9.17, 15) is 20.1 Å². The third-order valence-electron chi connectivity index (χ3n) is 10.1. The number of nitrogens with two attached hydrogens (primary N) is 1. The third-order valence-corrected chi connectivity index (χ3v) is 10.1. The Morgan fingerprint density at radius 3 is 2.74 bits per heavy atom. The van der Waals surface area contributed by atoms with Crippen molar-refractivity contribution in [3.8, 4) is 39.9 Å². The fourth-order valence-electron chi connectivity index (χ4n) is 8.21. The molecule has 3 aromatic rings. The van der Waals surface area contributed by atoms with Gasteiger partial charge in [-0.2, -0.15) is 0 Å². The maximum atomic E-state index is 12.0. The van der Waals surface area contributed by atoms with Crippen molar-refractivity contribution in [2.75, 3.05) is 20.5 Å². The Labute approximate surface area is 273 Å². The first-order valence-corrected chi connectivity index (χ1v) is 16.0. The lowest BCUT2D eigenvalue weighted by molar-refractivity contribution is -0.141. The van der Waals surface area contributed by atoms with Crippen molar-refractivity contribution in [3.05, 3.63) is 88.6 Å². The number of aliphatic hydroxyl groups excluding tert-OH is 1. The highest BCUT2D eigenvalue weighted by atomic mass is 16.6. The molecule has 5 atom stereocenters. The number of phenols is 2. The molecular weight excluding hydrogens is 600 g/mol. The van der Waals surface area contributed by atoms with Crippen LogP contribution in [-0.4, -0.2) is 48.0 Å². The Kier molecular flexibility index (Phi) is 8.01. The van der Waals surface area contributed by atoms with Gasteiger partial charge >= 0.3 is 5.97 Å². The number of hydrogen-bond donors (Lipinski definition) is 5. The number of carbonyl (C=O) groups excluding carboxylic acids is 1. The minimum atomic E-state index is -0.532. The number of nitrogens with one attached hydrogen (secondary N) is 1. The summed E-state index contributed by atoms with van der Waals surface area (Å²) < 4.78 is 23.7. The molecule has 1 spiro atoms. The minimum Gasteiger partial charge on any atom is -0.508 e. The van der Waals surface area contributed by atoms with Gasteiger partial charge in [0.05, 0.1) is 19.2 Å². The molecule has 0 amide bonds. The topological polar surface area (TPSA) is 153 Å². The summed E-state index contributed by atoms with van der Waals surface area (Å²) in [6, 6.07) is 12.6. The summed E-state index contributed by atoms with van der Waals surface area (Å²) in [6.45, 7) is 0.976. The van der Waals surface area contributed by atoms with Gasteiger partial charge in [0.25, 0.3) is 0 Å². The minimum absolute atomic E-state index is 0.0213. The van der Waals surface area contributed by atoms with E-state index in [4.69, 9.17) is 24.7 Å². The number of ether oxygens (including phenoxy) is 4. The highest BCUT2D eigenvalue weighted by Crippen LogP contribution is 2.62. The molecule has 0 saturated heterocycles. The number of methoxy groups -OCH3 is 1. The van der Waals surface area contributed by atoms with E-state index in [1.54, 1.807) is 24.3 Å². The summed E-state index contributed by atoms with van der Waals surface area (Å²) in [5.74, 6) is 1.30. The SMILES string of the molecule is COc1cc([C@H]2Oc3c(ccc4c3[C@@]3(CC[C@@H](CC5=CNC(N)C=C5)C3)Cc3cc(O)cc(OCO)c3-4)[C@@H]2COC(C)=O)ccc1O. The lowest BCUT2D eigenvalue weighted by Crippen LogP contribution is -2.33. The second-order valence-electron chi connectivity index (χ2n) is 13.1. The zero-order valence-corrected chi connectivity index (χ0v) is 26.5. The van der Waals surface area contributed by atoms with Crippen LogP contribution >= 0.6 is 0 Å². The molecule has 3 aromatic carbocycles. The zero-order valence-electron chi connectivity index (χ0n) is 26.5. The quantitative estimate of drug-likeness (QED) is 0.164. The highest BCUT2D eigenvalue weighted by Gasteiger charge is 2.50. The van der Waals surface area contributed by atoms with Gasteiger partial charge in [0, 0.05) is 41.3 Å². The van der Waals surface area contributed by atoms with Crippen LogP contribution in [0.1, 0.15) is 66.9 Å². The second kappa shape index (κ2) is 12.2. The lowest BCUT2D eigenvalue weighted by Gasteiger charge is -2.39.